The zero-order valence-corrected chi connectivity index (χ0v) is 15.9. The number of hydrazone groups is 1. The van der Waals surface area contributed by atoms with Crippen LogP contribution < -0.4 is 15.5 Å². The fourth-order valence-corrected chi connectivity index (χ4v) is 3.21. The molecule has 1 saturated carbocycles. The van der Waals surface area contributed by atoms with Crippen LogP contribution in [0.15, 0.2) is 53.6 Å². The van der Waals surface area contributed by atoms with Crippen molar-refractivity contribution in [3.05, 3.63) is 59.7 Å². The first-order valence-corrected chi connectivity index (χ1v) is 9.54. The Kier molecular flexibility index (Phi) is 6.61. The first-order valence-electron chi connectivity index (χ1n) is 9.13. The van der Waals surface area contributed by atoms with E-state index >= 15 is 0 Å². The summed E-state index contributed by atoms with van der Waals surface area (Å²) in [4.78, 5) is 0. The van der Waals surface area contributed by atoms with E-state index in [4.69, 9.17) is 17.0 Å². The minimum Gasteiger partial charge on any atom is -0.457 e. The fourth-order valence-electron chi connectivity index (χ4n) is 2.99. The molecule has 2 aromatic carbocycles. The van der Waals surface area contributed by atoms with Crippen LogP contribution in [0.25, 0.3) is 0 Å². The van der Waals surface area contributed by atoms with E-state index in [1.165, 1.54) is 37.7 Å². The lowest BCUT2D eigenvalue weighted by Crippen LogP contribution is -2.40. The van der Waals surface area contributed by atoms with Crippen molar-refractivity contribution in [1.29, 1.82) is 0 Å². The minimum absolute atomic E-state index is 0.483. The van der Waals surface area contributed by atoms with Gasteiger partial charge in [0.05, 0.1) is 6.21 Å². The molecule has 0 atom stereocenters. The normalized spacial score (nSPS) is 15.0. The van der Waals surface area contributed by atoms with Gasteiger partial charge < -0.3 is 10.1 Å². The van der Waals surface area contributed by atoms with Crippen LogP contribution in [0, 0.1) is 6.92 Å². The zero-order valence-electron chi connectivity index (χ0n) is 15.1. The molecule has 1 aliphatic carbocycles. The molecular formula is C21H25N3OS. The minimum atomic E-state index is 0.483. The lowest BCUT2D eigenvalue weighted by atomic mass is 9.96. The number of hydrogen-bond donors (Lipinski definition) is 2. The quantitative estimate of drug-likeness (QED) is 0.447. The summed E-state index contributed by atoms with van der Waals surface area (Å²) in [7, 11) is 0. The van der Waals surface area contributed by atoms with Crippen molar-refractivity contribution in [3.63, 3.8) is 0 Å². The fraction of sp³-hybridized carbons (Fsp3) is 0.333. The number of nitrogens with one attached hydrogen (secondary N) is 2. The van der Waals surface area contributed by atoms with E-state index in [0.29, 0.717) is 11.2 Å². The number of hydrogen-bond acceptors (Lipinski definition) is 3. The highest BCUT2D eigenvalue weighted by Gasteiger charge is 2.13. The van der Waals surface area contributed by atoms with E-state index < -0.39 is 0 Å². The summed E-state index contributed by atoms with van der Waals surface area (Å²) in [6.45, 7) is 2.06. The van der Waals surface area contributed by atoms with Crippen LogP contribution in [0.3, 0.4) is 0 Å². The SMILES string of the molecule is Cc1ccc(Oc2ccc(/C=N/NC(=S)NC3CCCCC3)cc2)cc1. The van der Waals surface area contributed by atoms with Gasteiger partial charge >= 0.3 is 0 Å². The summed E-state index contributed by atoms with van der Waals surface area (Å²) in [6, 6.07) is 16.3. The third-order valence-electron chi connectivity index (χ3n) is 4.46. The van der Waals surface area contributed by atoms with E-state index in [9.17, 15) is 0 Å². The monoisotopic (exact) mass is 367 g/mol. The van der Waals surface area contributed by atoms with Crippen LogP contribution >= 0.6 is 12.2 Å². The second-order valence-corrected chi connectivity index (χ2v) is 7.07. The Hall–Kier alpha value is -2.40. The molecule has 0 aliphatic heterocycles. The number of thiocarbonyl (C=S) groups is 1. The number of aryl methyl sites for hydroxylation is 1. The zero-order chi connectivity index (χ0) is 18.2. The van der Waals surface area contributed by atoms with Gasteiger partial charge in [0.2, 0.25) is 0 Å². The molecule has 0 amide bonds. The molecule has 0 bridgehead atoms. The van der Waals surface area contributed by atoms with Gasteiger partial charge in [-0.05, 0) is 73.9 Å². The van der Waals surface area contributed by atoms with Gasteiger partial charge in [-0.15, -0.1) is 0 Å². The molecule has 26 heavy (non-hydrogen) atoms. The Morgan fingerprint density at radius 2 is 1.62 bits per heavy atom. The van der Waals surface area contributed by atoms with Gasteiger partial charge in [-0.3, -0.25) is 5.43 Å². The third kappa shape index (κ3) is 5.85. The first-order chi connectivity index (χ1) is 12.7. The van der Waals surface area contributed by atoms with Crippen LogP contribution in [0.5, 0.6) is 11.5 Å². The van der Waals surface area contributed by atoms with Crippen molar-refractivity contribution < 1.29 is 4.74 Å². The van der Waals surface area contributed by atoms with E-state index in [-0.39, 0.29) is 0 Å². The third-order valence-corrected chi connectivity index (χ3v) is 4.67. The Morgan fingerprint density at radius 1 is 1.00 bits per heavy atom. The molecular weight excluding hydrogens is 342 g/mol. The molecule has 0 saturated heterocycles. The lowest BCUT2D eigenvalue weighted by molar-refractivity contribution is 0.412. The molecule has 1 fully saturated rings. The average molecular weight is 368 g/mol. The van der Waals surface area contributed by atoms with Gasteiger partial charge in [0, 0.05) is 6.04 Å². The maximum absolute atomic E-state index is 5.82. The molecule has 0 unspecified atom stereocenters. The summed E-state index contributed by atoms with van der Waals surface area (Å²) in [5, 5.41) is 8.13. The molecule has 1 aliphatic rings. The Bertz CT molecular complexity index is 735. The molecule has 4 nitrogen and oxygen atoms in total. The molecule has 2 aromatic rings. The van der Waals surface area contributed by atoms with Gasteiger partial charge in [0.1, 0.15) is 11.5 Å². The molecule has 2 N–H and O–H groups in total. The van der Waals surface area contributed by atoms with Gasteiger partial charge in [-0.1, -0.05) is 37.0 Å². The highest BCUT2D eigenvalue weighted by atomic mass is 32.1. The van der Waals surface area contributed by atoms with Crippen molar-refractivity contribution >= 4 is 23.5 Å². The maximum Gasteiger partial charge on any atom is 0.187 e. The van der Waals surface area contributed by atoms with Gasteiger partial charge in [-0.25, -0.2) is 0 Å². The van der Waals surface area contributed by atoms with Gasteiger partial charge in [0.25, 0.3) is 0 Å². The standard InChI is InChI=1S/C21H25N3OS/c1-16-7-11-19(12-8-16)25-20-13-9-17(10-14-20)15-22-24-21(26)23-18-5-3-2-4-6-18/h7-15,18H,2-6H2,1H3,(H2,23,24,26)/b22-15+. The largest absolute Gasteiger partial charge is 0.457 e. The van der Waals surface area contributed by atoms with Crippen molar-refractivity contribution in [1.82, 2.24) is 10.7 Å². The molecule has 5 heteroatoms. The Balaban J connectivity index is 1.46. The van der Waals surface area contributed by atoms with Gasteiger partial charge in [0.15, 0.2) is 5.11 Å². The molecule has 0 spiro atoms. The highest BCUT2D eigenvalue weighted by Crippen LogP contribution is 2.21. The number of rotatable bonds is 5. The van der Waals surface area contributed by atoms with Crippen molar-refractivity contribution in [2.24, 2.45) is 5.10 Å². The molecule has 0 aromatic heterocycles. The van der Waals surface area contributed by atoms with Gasteiger partial charge in [-0.2, -0.15) is 5.10 Å². The predicted octanol–water partition coefficient (Wildman–Crippen LogP) is 4.92. The van der Waals surface area contributed by atoms with Crippen molar-refractivity contribution in [2.45, 2.75) is 45.1 Å². The van der Waals surface area contributed by atoms with Crippen LogP contribution in [-0.2, 0) is 0 Å². The molecule has 3 rings (SSSR count). The second kappa shape index (κ2) is 9.34. The van der Waals surface area contributed by atoms with Crippen molar-refractivity contribution in [3.8, 4) is 11.5 Å². The smallest absolute Gasteiger partial charge is 0.187 e. The summed E-state index contributed by atoms with van der Waals surface area (Å²) in [5.41, 5.74) is 5.09. The van der Waals surface area contributed by atoms with Crippen LogP contribution in [0.2, 0.25) is 0 Å². The summed E-state index contributed by atoms with van der Waals surface area (Å²) in [6.07, 6.45) is 8.02. The van der Waals surface area contributed by atoms with E-state index in [1.807, 2.05) is 48.5 Å². The highest BCUT2D eigenvalue weighted by molar-refractivity contribution is 7.80. The predicted molar refractivity (Wildman–Crippen MR) is 111 cm³/mol. The van der Waals surface area contributed by atoms with E-state index in [1.54, 1.807) is 6.21 Å². The van der Waals surface area contributed by atoms with Crippen LogP contribution in [0.4, 0.5) is 0 Å². The summed E-state index contributed by atoms with van der Waals surface area (Å²) in [5.74, 6) is 1.63. The first kappa shape index (κ1) is 18.4. The molecule has 0 radical (unpaired) electrons. The Morgan fingerprint density at radius 3 is 2.27 bits per heavy atom. The maximum atomic E-state index is 5.82. The summed E-state index contributed by atoms with van der Waals surface area (Å²) < 4.78 is 5.82. The lowest BCUT2D eigenvalue weighted by Gasteiger charge is -2.23. The van der Waals surface area contributed by atoms with E-state index in [0.717, 1.165) is 17.1 Å². The van der Waals surface area contributed by atoms with Crippen molar-refractivity contribution in [2.75, 3.05) is 0 Å². The summed E-state index contributed by atoms with van der Waals surface area (Å²) >= 11 is 5.30. The van der Waals surface area contributed by atoms with Crippen LogP contribution in [0.1, 0.15) is 43.2 Å². The molecule has 136 valence electrons. The second-order valence-electron chi connectivity index (χ2n) is 6.66. The number of ether oxygens (including phenoxy) is 1. The Labute approximate surface area is 160 Å². The number of nitrogens with zero attached hydrogens (tertiary/aromatic N) is 1. The van der Waals surface area contributed by atoms with E-state index in [2.05, 4.69) is 22.8 Å². The number of benzene rings is 2. The molecule has 0 heterocycles. The topological polar surface area (TPSA) is 45.6 Å². The van der Waals surface area contributed by atoms with Crippen LogP contribution in [-0.4, -0.2) is 17.4 Å². The average Bonchev–Trinajstić information content (AvgIpc) is 2.66.